The van der Waals surface area contributed by atoms with E-state index in [0.717, 1.165) is 23.3 Å². The third-order valence-corrected chi connectivity index (χ3v) is 5.21. The summed E-state index contributed by atoms with van der Waals surface area (Å²) < 4.78 is 5.31. The van der Waals surface area contributed by atoms with E-state index < -0.39 is 0 Å². The van der Waals surface area contributed by atoms with Crippen molar-refractivity contribution in [2.75, 3.05) is 0 Å². The van der Waals surface area contributed by atoms with Crippen molar-refractivity contribution in [1.29, 1.82) is 0 Å². The molecule has 2 heterocycles. The smallest absolute Gasteiger partial charge is 0.273 e. The van der Waals surface area contributed by atoms with E-state index in [1.807, 2.05) is 17.5 Å². The van der Waals surface area contributed by atoms with Gasteiger partial charge >= 0.3 is 0 Å². The van der Waals surface area contributed by atoms with Crippen molar-refractivity contribution < 1.29 is 9.32 Å². The van der Waals surface area contributed by atoms with Crippen LogP contribution in [0.4, 0.5) is 0 Å². The Balaban J connectivity index is 1.52. The molecule has 0 saturated heterocycles. The van der Waals surface area contributed by atoms with Gasteiger partial charge in [0.25, 0.3) is 5.91 Å². The molecule has 1 aliphatic carbocycles. The molecule has 1 aliphatic rings. The fraction of sp³-hybridized carbons (Fsp3) is 0.263. The maximum Gasteiger partial charge on any atom is 0.273 e. The molecule has 2 aromatic heterocycles. The zero-order chi connectivity index (χ0) is 16.5. The number of nitrogens with zero attached hydrogens (tertiary/aromatic N) is 1. The van der Waals surface area contributed by atoms with E-state index in [4.69, 9.17) is 4.52 Å². The highest BCUT2D eigenvalue weighted by molar-refractivity contribution is 7.13. The predicted molar refractivity (Wildman–Crippen MR) is 93.9 cm³/mol. The summed E-state index contributed by atoms with van der Waals surface area (Å²) in [5, 5.41) is 9.03. The fourth-order valence-corrected chi connectivity index (χ4v) is 3.48. The first-order valence-electron chi connectivity index (χ1n) is 8.09. The minimum absolute atomic E-state index is 0.0417. The van der Waals surface area contributed by atoms with E-state index in [1.54, 1.807) is 17.4 Å². The Morgan fingerprint density at radius 1 is 1.29 bits per heavy atom. The van der Waals surface area contributed by atoms with Crippen LogP contribution < -0.4 is 5.32 Å². The molecular weight excluding hydrogens is 320 g/mol. The molecule has 1 fully saturated rings. The molecule has 24 heavy (non-hydrogen) atoms. The lowest BCUT2D eigenvalue weighted by molar-refractivity contribution is 0.0922. The number of amides is 1. The van der Waals surface area contributed by atoms with Gasteiger partial charge in [0.2, 0.25) is 0 Å². The van der Waals surface area contributed by atoms with Crippen molar-refractivity contribution in [2.45, 2.75) is 25.8 Å². The van der Waals surface area contributed by atoms with Gasteiger partial charge in [-0.15, -0.1) is 11.3 Å². The van der Waals surface area contributed by atoms with Crippen LogP contribution in [0.1, 0.15) is 40.5 Å². The molecule has 122 valence electrons. The highest BCUT2D eigenvalue weighted by Crippen LogP contribution is 2.41. The van der Waals surface area contributed by atoms with Gasteiger partial charge in [0.1, 0.15) is 0 Å². The quantitative estimate of drug-likeness (QED) is 0.740. The highest BCUT2D eigenvalue weighted by Gasteiger charge is 2.34. The second-order valence-electron chi connectivity index (χ2n) is 6.25. The second-order valence-corrected chi connectivity index (χ2v) is 7.20. The number of carbonyl (C=O) groups excluding carboxylic acids is 1. The summed E-state index contributed by atoms with van der Waals surface area (Å²) in [5.41, 5.74) is 2.70. The van der Waals surface area contributed by atoms with Crippen molar-refractivity contribution in [2.24, 2.45) is 5.92 Å². The Labute approximate surface area is 144 Å². The molecule has 0 aliphatic heterocycles. The number of hydrogen-bond acceptors (Lipinski definition) is 4. The lowest BCUT2D eigenvalue weighted by atomic mass is 10.0. The minimum atomic E-state index is -0.181. The van der Waals surface area contributed by atoms with Crippen LogP contribution in [-0.4, -0.2) is 11.1 Å². The summed E-state index contributed by atoms with van der Waals surface area (Å²) in [6, 6.07) is 14.0. The molecule has 1 saturated carbocycles. The van der Waals surface area contributed by atoms with Crippen molar-refractivity contribution in [3.63, 3.8) is 0 Å². The van der Waals surface area contributed by atoms with Gasteiger partial charge in [-0.25, -0.2) is 0 Å². The summed E-state index contributed by atoms with van der Waals surface area (Å²) in [7, 11) is 0. The Hall–Kier alpha value is -2.40. The van der Waals surface area contributed by atoms with Gasteiger partial charge in [-0.05, 0) is 42.7 Å². The summed E-state index contributed by atoms with van der Waals surface area (Å²) >= 11 is 1.56. The Morgan fingerprint density at radius 2 is 2.08 bits per heavy atom. The second kappa shape index (κ2) is 6.24. The van der Waals surface area contributed by atoms with E-state index in [2.05, 4.69) is 41.7 Å². The number of carbonyl (C=O) groups is 1. The van der Waals surface area contributed by atoms with Crippen LogP contribution in [0.2, 0.25) is 0 Å². The summed E-state index contributed by atoms with van der Waals surface area (Å²) in [6.45, 7) is 2.07. The molecule has 4 rings (SSSR count). The Morgan fingerprint density at radius 3 is 2.75 bits per heavy atom. The van der Waals surface area contributed by atoms with E-state index >= 15 is 0 Å². The van der Waals surface area contributed by atoms with Crippen LogP contribution >= 0.6 is 11.3 Å². The normalized spacial score (nSPS) is 15.2. The van der Waals surface area contributed by atoms with Gasteiger partial charge in [-0.2, -0.15) is 0 Å². The Kier molecular flexibility index (Phi) is 3.94. The Bertz CT molecular complexity index is 833. The molecule has 1 amide bonds. The molecule has 1 atom stereocenters. The third-order valence-electron chi connectivity index (χ3n) is 4.32. The molecule has 1 N–H and O–H groups in total. The number of thiophene rings is 1. The first-order chi connectivity index (χ1) is 11.7. The van der Waals surface area contributed by atoms with Crippen LogP contribution in [0.15, 0.2) is 52.4 Å². The molecule has 0 radical (unpaired) electrons. The standard InChI is InChI=1S/C19H18N2O2S/c1-12-4-6-13(7-5-12)18(14-8-9-14)20-19(22)15-11-16(23-21-15)17-3-2-10-24-17/h2-7,10-11,14,18H,8-9H2,1H3,(H,20,22). The largest absolute Gasteiger partial charge is 0.355 e. The van der Waals surface area contributed by atoms with Gasteiger partial charge in [0.15, 0.2) is 11.5 Å². The van der Waals surface area contributed by atoms with Crippen LogP contribution in [0.25, 0.3) is 10.6 Å². The van der Waals surface area contributed by atoms with Crippen LogP contribution in [0.3, 0.4) is 0 Å². The van der Waals surface area contributed by atoms with Gasteiger partial charge < -0.3 is 9.84 Å². The van der Waals surface area contributed by atoms with Crippen LogP contribution in [-0.2, 0) is 0 Å². The number of nitrogens with one attached hydrogen (secondary N) is 1. The summed E-state index contributed by atoms with van der Waals surface area (Å²) in [4.78, 5) is 13.6. The van der Waals surface area contributed by atoms with E-state index in [-0.39, 0.29) is 11.9 Å². The number of aryl methyl sites for hydroxylation is 1. The molecule has 3 aromatic rings. The number of aromatic nitrogens is 1. The SMILES string of the molecule is Cc1ccc(C(NC(=O)c2cc(-c3cccs3)on2)C2CC2)cc1. The van der Waals surface area contributed by atoms with E-state index in [9.17, 15) is 4.79 Å². The van der Waals surface area contributed by atoms with Crippen molar-refractivity contribution >= 4 is 17.2 Å². The molecule has 0 bridgehead atoms. The van der Waals surface area contributed by atoms with E-state index in [1.165, 1.54) is 5.56 Å². The number of hydrogen-bond donors (Lipinski definition) is 1. The minimum Gasteiger partial charge on any atom is -0.355 e. The lowest BCUT2D eigenvalue weighted by Gasteiger charge is -2.18. The van der Waals surface area contributed by atoms with Gasteiger partial charge in [-0.1, -0.05) is 41.1 Å². The van der Waals surface area contributed by atoms with Gasteiger partial charge in [0, 0.05) is 6.07 Å². The maximum absolute atomic E-state index is 12.6. The molecule has 1 aromatic carbocycles. The van der Waals surface area contributed by atoms with Crippen LogP contribution in [0.5, 0.6) is 0 Å². The lowest BCUT2D eigenvalue weighted by Crippen LogP contribution is -2.30. The predicted octanol–water partition coefficient (Wildman–Crippen LogP) is 4.59. The monoisotopic (exact) mass is 338 g/mol. The molecule has 4 nitrogen and oxygen atoms in total. The molecule has 0 spiro atoms. The van der Waals surface area contributed by atoms with E-state index in [0.29, 0.717) is 17.4 Å². The molecular formula is C19H18N2O2S. The number of rotatable bonds is 5. The van der Waals surface area contributed by atoms with Crippen molar-refractivity contribution in [3.05, 3.63) is 64.7 Å². The average Bonchev–Trinajstić information content (AvgIpc) is 3.08. The maximum atomic E-state index is 12.6. The third kappa shape index (κ3) is 3.12. The van der Waals surface area contributed by atoms with Crippen molar-refractivity contribution in [3.8, 4) is 10.6 Å². The summed E-state index contributed by atoms with van der Waals surface area (Å²) in [5.74, 6) is 0.966. The summed E-state index contributed by atoms with van der Waals surface area (Å²) in [6.07, 6.45) is 2.30. The first kappa shape index (κ1) is 15.1. The first-order valence-corrected chi connectivity index (χ1v) is 8.97. The van der Waals surface area contributed by atoms with Gasteiger partial charge in [-0.3, -0.25) is 4.79 Å². The zero-order valence-electron chi connectivity index (χ0n) is 13.4. The molecule has 1 unspecified atom stereocenters. The van der Waals surface area contributed by atoms with Gasteiger partial charge in [0.05, 0.1) is 10.9 Å². The fourth-order valence-electron chi connectivity index (χ4n) is 2.81. The van der Waals surface area contributed by atoms with Crippen LogP contribution in [0, 0.1) is 12.8 Å². The topological polar surface area (TPSA) is 55.1 Å². The number of benzene rings is 1. The molecule has 5 heteroatoms. The average molecular weight is 338 g/mol. The highest BCUT2D eigenvalue weighted by atomic mass is 32.1. The zero-order valence-corrected chi connectivity index (χ0v) is 14.2. The van der Waals surface area contributed by atoms with Crippen molar-refractivity contribution in [1.82, 2.24) is 10.5 Å².